The Labute approximate surface area is 104 Å². The lowest BCUT2D eigenvalue weighted by atomic mass is 10.1. The molecule has 0 saturated heterocycles. The number of methoxy groups -OCH3 is 1. The number of carboxylic acid groups (broad SMARTS) is 1. The Bertz CT molecular complexity index is 615. The molecule has 1 aromatic heterocycles. The Balaban J connectivity index is 2.83. The standard InChI is InChI=1S/C11H7BrFNO3/c1-17-10-7(11(15)16)3-5-2-6(12)4-8(13)9(5)14-10/h2-4H,1H3,(H,15,16). The molecule has 2 aromatic rings. The molecule has 0 fully saturated rings. The summed E-state index contributed by atoms with van der Waals surface area (Å²) in [6.45, 7) is 0. The van der Waals surface area contributed by atoms with E-state index < -0.39 is 11.8 Å². The van der Waals surface area contributed by atoms with Gasteiger partial charge in [-0.3, -0.25) is 0 Å². The summed E-state index contributed by atoms with van der Waals surface area (Å²) in [7, 11) is 1.29. The fraction of sp³-hybridized carbons (Fsp3) is 0.0909. The molecule has 17 heavy (non-hydrogen) atoms. The molecular formula is C11H7BrFNO3. The van der Waals surface area contributed by atoms with Gasteiger partial charge in [0, 0.05) is 9.86 Å². The van der Waals surface area contributed by atoms with E-state index in [1.165, 1.54) is 19.2 Å². The summed E-state index contributed by atoms with van der Waals surface area (Å²) in [6, 6.07) is 4.18. The number of fused-ring (bicyclic) bond motifs is 1. The number of halogens is 2. The maximum absolute atomic E-state index is 13.6. The fourth-order valence-electron chi connectivity index (χ4n) is 1.50. The van der Waals surface area contributed by atoms with Gasteiger partial charge >= 0.3 is 5.97 Å². The van der Waals surface area contributed by atoms with Gasteiger partial charge in [-0.25, -0.2) is 14.2 Å². The Kier molecular flexibility index (Phi) is 2.97. The molecule has 0 aliphatic heterocycles. The summed E-state index contributed by atoms with van der Waals surface area (Å²) >= 11 is 3.13. The van der Waals surface area contributed by atoms with Crippen LogP contribution in [-0.4, -0.2) is 23.2 Å². The first kappa shape index (κ1) is 11.8. The lowest BCUT2D eigenvalue weighted by Gasteiger charge is -2.07. The van der Waals surface area contributed by atoms with Gasteiger partial charge < -0.3 is 9.84 Å². The predicted octanol–water partition coefficient (Wildman–Crippen LogP) is 2.84. The molecule has 0 aliphatic carbocycles. The van der Waals surface area contributed by atoms with E-state index in [1.807, 2.05) is 0 Å². The summed E-state index contributed by atoms with van der Waals surface area (Å²) in [5.74, 6) is -1.81. The molecular weight excluding hydrogens is 293 g/mol. The van der Waals surface area contributed by atoms with Crippen molar-refractivity contribution in [2.24, 2.45) is 0 Å². The zero-order chi connectivity index (χ0) is 12.6. The molecule has 0 bridgehead atoms. The Morgan fingerprint density at radius 3 is 2.76 bits per heavy atom. The van der Waals surface area contributed by atoms with Crippen molar-refractivity contribution in [3.63, 3.8) is 0 Å². The number of carboxylic acids is 1. The molecule has 4 nitrogen and oxygen atoms in total. The van der Waals surface area contributed by atoms with Crippen molar-refractivity contribution in [3.8, 4) is 5.88 Å². The van der Waals surface area contributed by atoms with E-state index in [1.54, 1.807) is 6.07 Å². The topological polar surface area (TPSA) is 59.4 Å². The molecule has 1 heterocycles. The monoisotopic (exact) mass is 299 g/mol. The van der Waals surface area contributed by atoms with Crippen molar-refractivity contribution in [2.75, 3.05) is 7.11 Å². The lowest BCUT2D eigenvalue weighted by molar-refractivity contribution is 0.0692. The number of hydrogen-bond acceptors (Lipinski definition) is 3. The average molecular weight is 300 g/mol. The molecule has 2 rings (SSSR count). The van der Waals surface area contributed by atoms with E-state index in [2.05, 4.69) is 20.9 Å². The quantitative estimate of drug-likeness (QED) is 0.926. The Hall–Kier alpha value is -1.69. The number of aromatic carboxylic acids is 1. The summed E-state index contributed by atoms with van der Waals surface area (Å²) in [6.07, 6.45) is 0. The third-order valence-corrected chi connectivity index (χ3v) is 2.68. The van der Waals surface area contributed by atoms with E-state index in [-0.39, 0.29) is 17.0 Å². The average Bonchev–Trinajstić information content (AvgIpc) is 2.27. The number of rotatable bonds is 2. The number of hydrogen-bond donors (Lipinski definition) is 1. The molecule has 0 radical (unpaired) electrons. The normalized spacial score (nSPS) is 10.5. The van der Waals surface area contributed by atoms with E-state index in [9.17, 15) is 9.18 Å². The highest BCUT2D eigenvalue weighted by molar-refractivity contribution is 9.10. The van der Waals surface area contributed by atoms with Crippen molar-refractivity contribution in [2.45, 2.75) is 0 Å². The van der Waals surface area contributed by atoms with E-state index in [0.717, 1.165) is 0 Å². The van der Waals surface area contributed by atoms with Crippen LogP contribution in [0.2, 0.25) is 0 Å². The van der Waals surface area contributed by atoms with Gasteiger partial charge in [-0.15, -0.1) is 0 Å². The third kappa shape index (κ3) is 2.08. The van der Waals surface area contributed by atoms with Gasteiger partial charge in [-0.1, -0.05) is 15.9 Å². The first-order chi connectivity index (χ1) is 8.02. The van der Waals surface area contributed by atoms with E-state index in [0.29, 0.717) is 9.86 Å². The number of benzene rings is 1. The van der Waals surface area contributed by atoms with Crippen LogP contribution in [0, 0.1) is 5.82 Å². The van der Waals surface area contributed by atoms with Crippen molar-refractivity contribution >= 4 is 32.8 Å². The number of ether oxygens (including phenoxy) is 1. The van der Waals surface area contributed by atoms with Crippen LogP contribution in [0.3, 0.4) is 0 Å². The van der Waals surface area contributed by atoms with Gasteiger partial charge in [0.25, 0.3) is 0 Å². The number of aromatic nitrogens is 1. The number of carbonyl (C=O) groups is 1. The first-order valence-electron chi connectivity index (χ1n) is 4.60. The Morgan fingerprint density at radius 1 is 1.47 bits per heavy atom. The largest absolute Gasteiger partial charge is 0.480 e. The summed E-state index contributed by atoms with van der Waals surface area (Å²) in [5, 5.41) is 9.37. The van der Waals surface area contributed by atoms with Gasteiger partial charge in [0.1, 0.15) is 11.1 Å². The van der Waals surface area contributed by atoms with E-state index >= 15 is 0 Å². The number of pyridine rings is 1. The minimum absolute atomic E-state index is 0.0788. The van der Waals surface area contributed by atoms with Crippen LogP contribution in [0.5, 0.6) is 5.88 Å². The third-order valence-electron chi connectivity index (χ3n) is 2.23. The predicted molar refractivity (Wildman–Crippen MR) is 62.9 cm³/mol. The number of nitrogens with zero attached hydrogens (tertiary/aromatic N) is 1. The van der Waals surface area contributed by atoms with Crippen LogP contribution in [0.1, 0.15) is 10.4 Å². The molecule has 1 N–H and O–H groups in total. The Morgan fingerprint density at radius 2 is 2.18 bits per heavy atom. The second-order valence-corrected chi connectivity index (χ2v) is 4.23. The molecule has 0 saturated carbocycles. The molecule has 0 atom stereocenters. The fourth-order valence-corrected chi connectivity index (χ4v) is 1.95. The highest BCUT2D eigenvalue weighted by atomic mass is 79.9. The van der Waals surface area contributed by atoms with Gasteiger partial charge in [-0.05, 0) is 18.2 Å². The zero-order valence-corrected chi connectivity index (χ0v) is 10.3. The maximum Gasteiger partial charge on any atom is 0.341 e. The van der Waals surface area contributed by atoms with Crippen LogP contribution < -0.4 is 4.74 Å². The molecule has 1 aromatic carbocycles. The van der Waals surface area contributed by atoms with Crippen molar-refractivity contribution in [3.05, 3.63) is 34.1 Å². The molecule has 0 unspecified atom stereocenters. The minimum Gasteiger partial charge on any atom is -0.480 e. The SMILES string of the molecule is COc1nc2c(F)cc(Br)cc2cc1C(=O)O. The second kappa shape index (κ2) is 4.29. The van der Waals surface area contributed by atoms with Gasteiger partial charge in [0.15, 0.2) is 5.82 Å². The van der Waals surface area contributed by atoms with Gasteiger partial charge in [0.2, 0.25) is 5.88 Å². The second-order valence-electron chi connectivity index (χ2n) is 3.31. The van der Waals surface area contributed by atoms with Crippen LogP contribution in [0.25, 0.3) is 10.9 Å². The van der Waals surface area contributed by atoms with Crippen molar-refractivity contribution < 1.29 is 19.0 Å². The highest BCUT2D eigenvalue weighted by Crippen LogP contribution is 2.27. The van der Waals surface area contributed by atoms with Crippen LogP contribution >= 0.6 is 15.9 Å². The smallest absolute Gasteiger partial charge is 0.341 e. The summed E-state index contributed by atoms with van der Waals surface area (Å²) < 4.78 is 18.9. The van der Waals surface area contributed by atoms with Gasteiger partial charge in [-0.2, -0.15) is 0 Å². The molecule has 88 valence electrons. The maximum atomic E-state index is 13.6. The molecule has 0 aliphatic rings. The van der Waals surface area contributed by atoms with Crippen LogP contribution in [0.4, 0.5) is 4.39 Å². The van der Waals surface area contributed by atoms with Crippen LogP contribution in [-0.2, 0) is 0 Å². The zero-order valence-electron chi connectivity index (χ0n) is 8.70. The first-order valence-corrected chi connectivity index (χ1v) is 5.39. The highest BCUT2D eigenvalue weighted by Gasteiger charge is 2.16. The van der Waals surface area contributed by atoms with Crippen molar-refractivity contribution in [1.82, 2.24) is 4.98 Å². The molecule has 0 amide bonds. The molecule has 0 spiro atoms. The van der Waals surface area contributed by atoms with Crippen LogP contribution in [0.15, 0.2) is 22.7 Å². The van der Waals surface area contributed by atoms with E-state index in [4.69, 9.17) is 9.84 Å². The van der Waals surface area contributed by atoms with Gasteiger partial charge in [0.05, 0.1) is 7.11 Å². The minimum atomic E-state index is -1.17. The molecule has 6 heteroatoms. The summed E-state index contributed by atoms with van der Waals surface area (Å²) in [4.78, 5) is 14.8. The summed E-state index contributed by atoms with van der Waals surface area (Å²) in [5.41, 5.74) is -0.0208. The van der Waals surface area contributed by atoms with Crippen molar-refractivity contribution in [1.29, 1.82) is 0 Å². The lowest BCUT2D eigenvalue weighted by Crippen LogP contribution is -2.03.